The molecule has 0 radical (unpaired) electrons. The molecular formula is C11H15ClF3N3O. The molecule has 19 heavy (non-hydrogen) atoms. The van der Waals surface area contributed by atoms with Crippen molar-refractivity contribution in [1.82, 2.24) is 5.32 Å². The number of nitrogens with one attached hydrogen (secondary N) is 2. The van der Waals surface area contributed by atoms with E-state index >= 15 is 0 Å². The molecule has 4 N–H and O–H groups in total. The Balaban J connectivity index is 0.00000324. The highest BCUT2D eigenvalue weighted by atomic mass is 35.5. The van der Waals surface area contributed by atoms with Crippen molar-refractivity contribution in [2.24, 2.45) is 5.73 Å². The maximum Gasteiger partial charge on any atom is 0.416 e. The third-order valence-corrected chi connectivity index (χ3v) is 2.14. The normalized spacial score (nSPS) is 10.5. The highest BCUT2D eigenvalue weighted by molar-refractivity contribution is 5.89. The van der Waals surface area contributed by atoms with E-state index in [1.807, 2.05) is 0 Å². The molecule has 1 aromatic carbocycles. The van der Waals surface area contributed by atoms with Gasteiger partial charge < -0.3 is 16.4 Å². The molecule has 0 saturated heterocycles. The van der Waals surface area contributed by atoms with Crippen molar-refractivity contribution in [3.8, 4) is 0 Å². The van der Waals surface area contributed by atoms with Gasteiger partial charge in [0.15, 0.2) is 0 Å². The highest BCUT2D eigenvalue weighted by Gasteiger charge is 2.29. The van der Waals surface area contributed by atoms with E-state index in [2.05, 4.69) is 10.6 Å². The van der Waals surface area contributed by atoms with Gasteiger partial charge in [-0.25, -0.2) is 4.79 Å². The van der Waals surface area contributed by atoms with E-state index in [-0.39, 0.29) is 12.4 Å². The first-order valence-electron chi connectivity index (χ1n) is 5.35. The molecule has 4 nitrogen and oxygen atoms in total. The predicted molar refractivity (Wildman–Crippen MR) is 69.4 cm³/mol. The van der Waals surface area contributed by atoms with Gasteiger partial charge in [0.1, 0.15) is 0 Å². The van der Waals surface area contributed by atoms with Crippen LogP contribution < -0.4 is 16.4 Å². The van der Waals surface area contributed by atoms with Crippen molar-refractivity contribution in [3.63, 3.8) is 0 Å². The number of anilines is 1. The third kappa shape index (κ3) is 6.30. The Hall–Kier alpha value is -1.47. The zero-order chi connectivity index (χ0) is 13.6. The van der Waals surface area contributed by atoms with Crippen molar-refractivity contribution in [1.29, 1.82) is 0 Å². The van der Waals surface area contributed by atoms with Crippen LogP contribution in [-0.4, -0.2) is 19.1 Å². The number of hydrogen-bond acceptors (Lipinski definition) is 2. The fourth-order valence-electron chi connectivity index (χ4n) is 1.22. The Kier molecular flexibility index (Phi) is 7.25. The van der Waals surface area contributed by atoms with Crippen LogP contribution in [0.15, 0.2) is 24.3 Å². The van der Waals surface area contributed by atoms with Gasteiger partial charge in [-0.2, -0.15) is 13.2 Å². The number of carbonyl (C=O) groups is 1. The number of urea groups is 1. The van der Waals surface area contributed by atoms with Crippen LogP contribution in [0.5, 0.6) is 0 Å². The van der Waals surface area contributed by atoms with Gasteiger partial charge in [0, 0.05) is 12.2 Å². The van der Waals surface area contributed by atoms with Gasteiger partial charge in [-0.1, -0.05) is 0 Å². The van der Waals surface area contributed by atoms with Crippen LogP contribution in [0.4, 0.5) is 23.7 Å². The van der Waals surface area contributed by atoms with Gasteiger partial charge in [-0.05, 0) is 37.2 Å². The van der Waals surface area contributed by atoms with Gasteiger partial charge in [0.05, 0.1) is 5.56 Å². The summed E-state index contributed by atoms with van der Waals surface area (Å²) in [6, 6.07) is 3.75. The fourth-order valence-corrected chi connectivity index (χ4v) is 1.22. The lowest BCUT2D eigenvalue weighted by atomic mass is 10.2. The number of benzene rings is 1. The van der Waals surface area contributed by atoms with E-state index in [4.69, 9.17) is 5.73 Å². The maximum absolute atomic E-state index is 12.3. The fraction of sp³-hybridized carbons (Fsp3) is 0.364. The Morgan fingerprint density at radius 3 is 2.26 bits per heavy atom. The second kappa shape index (κ2) is 7.85. The zero-order valence-corrected chi connectivity index (χ0v) is 10.8. The molecule has 0 aromatic heterocycles. The molecule has 1 aromatic rings. The second-order valence-electron chi connectivity index (χ2n) is 3.60. The molecule has 108 valence electrons. The molecule has 0 aliphatic heterocycles. The van der Waals surface area contributed by atoms with E-state index in [1.165, 1.54) is 12.1 Å². The summed E-state index contributed by atoms with van der Waals surface area (Å²) >= 11 is 0. The van der Waals surface area contributed by atoms with E-state index in [0.717, 1.165) is 12.1 Å². The van der Waals surface area contributed by atoms with Crippen LogP contribution in [-0.2, 0) is 6.18 Å². The first-order valence-corrected chi connectivity index (χ1v) is 5.35. The number of rotatable bonds is 4. The number of alkyl halides is 3. The standard InChI is InChI=1S/C11H14F3N3O.ClH/c12-11(13,14)8-2-4-9(5-3-8)17-10(18)16-7-1-6-15;/h2-5H,1,6-7,15H2,(H2,16,17,18);1H. The van der Waals surface area contributed by atoms with Crippen molar-refractivity contribution >= 4 is 24.1 Å². The minimum atomic E-state index is -4.37. The lowest BCUT2D eigenvalue weighted by Crippen LogP contribution is -2.30. The zero-order valence-electron chi connectivity index (χ0n) is 9.96. The Bertz CT molecular complexity index is 395. The van der Waals surface area contributed by atoms with Gasteiger partial charge in [0.2, 0.25) is 0 Å². The van der Waals surface area contributed by atoms with Gasteiger partial charge in [-0.15, -0.1) is 12.4 Å². The van der Waals surface area contributed by atoms with Crippen LogP contribution in [0.2, 0.25) is 0 Å². The van der Waals surface area contributed by atoms with Gasteiger partial charge >= 0.3 is 12.2 Å². The van der Waals surface area contributed by atoms with Crippen LogP contribution in [0.3, 0.4) is 0 Å². The van der Waals surface area contributed by atoms with Crippen molar-refractivity contribution < 1.29 is 18.0 Å². The second-order valence-corrected chi connectivity index (χ2v) is 3.60. The summed E-state index contributed by atoms with van der Waals surface area (Å²) in [6.45, 7) is 0.878. The van der Waals surface area contributed by atoms with Crippen LogP contribution in [0.1, 0.15) is 12.0 Å². The monoisotopic (exact) mass is 297 g/mol. The quantitative estimate of drug-likeness (QED) is 0.748. The molecule has 0 aliphatic carbocycles. The first-order chi connectivity index (χ1) is 8.43. The minimum Gasteiger partial charge on any atom is -0.338 e. The average Bonchev–Trinajstić information content (AvgIpc) is 2.29. The summed E-state index contributed by atoms with van der Waals surface area (Å²) < 4.78 is 36.8. The third-order valence-electron chi connectivity index (χ3n) is 2.14. The molecule has 0 fully saturated rings. The summed E-state index contributed by atoms with van der Waals surface area (Å²) in [7, 11) is 0. The van der Waals surface area contributed by atoms with E-state index in [1.54, 1.807) is 0 Å². The largest absolute Gasteiger partial charge is 0.416 e. The van der Waals surface area contributed by atoms with E-state index < -0.39 is 17.8 Å². The van der Waals surface area contributed by atoms with Crippen LogP contribution >= 0.6 is 12.4 Å². The Morgan fingerprint density at radius 2 is 1.79 bits per heavy atom. The summed E-state index contributed by atoms with van der Waals surface area (Å²) in [5.41, 5.74) is 4.79. The van der Waals surface area contributed by atoms with Crippen molar-refractivity contribution in [2.75, 3.05) is 18.4 Å². The molecule has 1 rings (SSSR count). The maximum atomic E-state index is 12.3. The topological polar surface area (TPSA) is 67.1 Å². The first kappa shape index (κ1) is 17.5. The summed E-state index contributed by atoms with van der Waals surface area (Å²) in [5, 5.41) is 4.95. The van der Waals surface area contributed by atoms with Crippen molar-refractivity contribution in [3.05, 3.63) is 29.8 Å². The molecule has 0 unspecified atom stereocenters. The number of nitrogens with two attached hydrogens (primary N) is 1. The smallest absolute Gasteiger partial charge is 0.338 e. The summed E-state index contributed by atoms with van der Waals surface area (Å²) in [5.74, 6) is 0. The van der Waals surface area contributed by atoms with Crippen LogP contribution in [0, 0.1) is 0 Å². The lowest BCUT2D eigenvalue weighted by molar-refractivity contribution is -0.137. The molecule has 8 heteroatoms. The summed E-state index contributed by atoms with van der Waals surface area (Å²) in [4.78, 5) is 11.3. The predicted octanol–water partition coefficient (Wildman–Crippen LogP) is 2.60. The van der Waals surface area contributed by atoms with Gasteiger partial charge in [-0.3, -0.25) is 0 Å². The van der Waals surface area contributed by atoms with Gasteiger partial charge in [0.25, 0.3) is 0 Å². The minimum absolute atomic E-state index is 0. The number of carbonyl (C=O) groups excluding carboxylic acids is 1. The Labute approximate surface area is 115 Å². The molecule has 0 heterocycles. The number of hydrogen-bond donors (Lipinski definition) is 3. The van der Waals surface area contributed by atoms with Crippen molar-refractivity contribution in [2.45, 2.75) is 12.6 Å². The molecule has 0 spiro atoms. The SMILES string of the molecule is Cl.NCCCNC(=O)Nc1ccc(C(F)(F)F)cc1. The number of amides is 2. The molecule has 0 bridgehead atoms. The average molecular weight is 298 g/mol. The lowest BCUT2D eigenvalue weighted by Gasteiger charge is -2.09. The molecule has 2 amide bonds. The number of halogens is 4. The van der Waals surface area contributed by atoms with E-state index in [9.17, 15) is 18.0 Å². The molecule has 0 aliphatic rings. The molecule has 0 saturated carbocycles. The van der Waals surface area contributed by atoms with Crippen LogP contribution in [0.25, 0.3) is 0 Å². The molecule has 0 atom stereocenters. The molecular weight excluding hydrogens is 283 g/mol. The highest BCUT2D eigenvalue weighted by Crippen LogP contribution is 2.29. The summed E-state index contributed by atoms with van der Waals surface area (Å²) in [6.07, 6.45) is -3.73. The Morgan fingerprint density at radius 1 is 1.21 bits per heavy atom. The van der Waals surface area contributed by atoms with E-state index in [0.29, 0.717) is 25.2 Å².